The summed E-state index contributed by atoms with van der Waals surface area (Å²) in [6.07, 6.45) is 0. The number of ether oxygens (including phenoxy) is 1. The molecule has 0 spiro atoms. The summed E-state index contributed by atoms with van der Waals surface area (Å²) in [7, 11) is -2.08. The van der Waals surface area contributed by atoms with Gasteiger partial charge in [0, 0.05) is 5.69 Å². The number of carbonyl (C=O) groups is 1. The van der Waals surface area contributed by atoms with Crippen LogP contribution >= 0.6 is 11.6 Å². The summed E-state index contributed by atoms with van der Waals surface area (Å²) < 4.78 is 29.9. The van der Waals surface area contributed by atoms with Gasteiger partial charge < -0.3 is 10.1 Å². The van der Waals surface area contributed by atoms with Crippen molar-refractivity contribution in [2.24, 2.45) is 0 Å². The number of halogens is 1. The van der Waals surface area contributed by atoms with Gasteiger partial charge in [-0.15, -0.1) is 0 Å². The van der Waals surface area contributed by atoms with Gasteiger partial charge in [-0.3, -0.25) is 4.79 Å². The quantitative estimate of drug-likeness (QED) is 0.872. The Kier molecular flexibility index (Phi) is 5.51. The molecule has 2 aromatic carbocycles. The third-order valence-electron chi connectivity index (χ3n) is 3.47. The molecule has 0 saturated heterocycles. The molecule has 128 valence electrons. The van der Waals surface area contributed by atoms with Crippen LogP contribution in [0.15, 0.2) is 47.4 Å². The number of hydrogen-bond acceptors (Lipinski definition) is 4. The second kappa shape index (κ2) is 7.23. The van der Waals surface area contributed by atoms with E-state index < -0.39 is 21.0 Å². The summed E-state index contributed by atoms with van der Waals surface area (Å²) >= 11 is 6.03. The van der Waals surface area contributed by atoms with Crippen molar-refractivity contribution in [1.29, 1.82) is 0 Å². The molecule has 0 aliphatic carbocycles. The maximum absolute atomic E-state index is 12.5. The number of rotatable bonds is 5. The molecule has 24 heavy (non-hydrogen) atoms. The Morgan fingerprint density at radius 1 is 1.17 bits per heavy atom. The largest absolute Gasteiger partial charge is 0.495 e. The molecular formula is C17H18ClNO4S. The van der Waals surface area contributed by atoms with Crippen molar-refractivity contribution >= 4 is 33.0 Å². The van der Waals surface area contributed by atoms with E-state index in [0.717, 1.165) is 0 Å². The van der Waals surface area contributed by atoms with Gasteiger partial charge in [0.05, 0.1) is 27.8 Å². The Morgan fingerprint density at radius 3 is 2.42 bits per heavy atom. The highest BCUT2D eigenvalue weighted by molar-refractivity contribution is 7.92. The standard InChI is InChI=1S/C17H18ClNO4S/c1-11(2)24(21,22)16-7-5-4-6-13(16)17(20)19-12-8-9-15(23-3)14(18)10-12/h4-11H,1-3H3,(H,19,20). The minimum Gasteiger partial charge on any atom is -0.495 e. The van der Waals surface area contributed by atoms with E-state index in [1.165, 1.54) is 25.3 Å². The first-order valence-electron chi connectivity index (χ1n) is 7.25. The van der Waals surface area contributed by atoms with Crippen LogP contribution in [0.1, 0.15) is 24.2 Å². The molecule has 0 unspecified atom stereocenters. The molecule has 0 aromatic heterocycles. The number of methoxy groups -OCH3 is 1. The molecule has 0 bridgehead atoms. The molecule has 0 aliphatic rings. The minimum atomic E-state index is -3.57. The summed E-state index contributed by atoms with van der Waals surface area (Å²) in [5, 5.41) is 2.38. The van der Waals surface area contributed by atoms with Crippen molar-refractivity contribution in [3.63, 3.8) is 0 Å². The lowest BCUT2D eigenvalue weighted by atomic mass is 10.2. The third-order valence-corrected chi connectivity index (χ3v) is 5.97. The van der Waals surface area contributed by atoms with Crippen molar-refractivity contribution in [2.75, 3.05) is 12.4 Å². The van der Waals surface area contributed by atoms with Crippen molar-refractivity contribution in [3.8, 4) is 5.75 Å². The monoisotopic (exact) mass is 367 g/mol. The van der Waals surface area contributed by atoms with E-state index in [1.54, 1.807) is 38.1 Å². The molecule has 1 amide bonds. The molecular weight excluding hydrogens is 350 g/mol. The average Bonchev–Trinajstić information content (AvgIpc) is 2.54. The molecule has 0 saturated carbocycles. The number of amides is 1. The highest BCUT2D eigenvalue weighted by Gasteiger charge is 2.25. The van der Waals surface area contributed by atoms with Gasteiger partial charge in [0.15, 0.2) is 9.84 Å². The van der Waals surface area contributed by atoms with Crippen LogP contribution in [0.4, 0.5) is 5.69 Å². The molecule has 2 rings (SSSR count). The van der Waals surface area contributed by atoms with Crippen molar-refractivity contribution in [2.45, 2.75) is 24.0 Å². The van der Waals surface area contributed by atoms with E-state index in [2.05, 4.69) is 5.32 Å². The van der Waals surface area contributed by atoms with Crippen molar-refractivity contribution < 1.29 is 17.9 Å². The van der Waals surface area contributed by atoms with Gasteiger partial charge in [-0.25, -0.2) is 8.42 Å². The van der Waals surface area contributed by atoms with Gasteiger partial charge in [-0.1, -0.05) is 23.7 Å². The molecule has 2 aromatic rings. The Hall–Kier alpha value is -2.05. The molecule has 0 fully saturated rings. The maximum Gasteiger partial charge on any atom is 0.256 e. The molecule has 5 nitrogen and oxygen atoms in total. The number of carbonyl (C=O) groups excluding carboxylic acids is 1. The lowest BCUT2D eigenvalue weighted by molar-refractivity contribution is 0.102. The number of hydrogen-bond donors (Lipinski definition) is 1. The average molecular weight is 368 g/mol. The highest BCUT2D eigenvalue weighted by atomic mass is 35.5. The highest BCUT2D eigenvalue weighted by Crippen LogP contribution is 2.28. The minimum absolute atomic E-state index is 0.0112. The van der Waals surface area contributed by atoms with Crippen LogP contribution in [-0.4, -0.2) is 26.7 Å². The number of nitrogens with one attached hydrogen (secondary N) is 1. The van der Waals surface area contributed by atoms with Crippen molar-refractivity contribution in [3.05, 3.63) is 53.1 Å². The lowest BCUT2D eigenvalue weighted by Crippen LogP contribution is -2.20. The smallest absolute Gasteiger partial charge is 0.256 e. The molecule has 0 radical (unpaired) electrons. The van der Waals surface area contributed by atoms with Gasteiger partial charge in [-0.2, -0.15) is 0 Å². The van der Waals surface area contributed by atoms with Gasteiger partial charge in [0.2, 0.25) is 0 Å². The first-order valence-corrected chi connectivity index (χ1v) is 9.17. The van der Waals surface area contributed by atoms with E-state index >= 15 is 0 Å². The van der Waals surface area contributed by atoms with Crippen LogP contribution in [0.3, 0.4) is 0 Å². The van der Waals surface area contributed by atoms with Crippen LogP contribution in [-0.2, 0) is 9.84 Å². The zero-order valence-corrected chi connectivity index (χ0v) is 15.1. The fourth-order valence-electron chi connectivity index (χ4n) is 2.10. The van der Waals surface area contributed by atoms with Gasteiger partial charge in [-0.05, 0) is 44.2 Å². The second-order valence-corrected chi connectivity index (χ2v) is 8.27. The maximum atomic E-state index is 12.5. The molecule has 1 N–H and O–H groups in total. The predicted octanol–water partition coefficient (Wildman–Crippen LogP) is 3.78. The van der Waals surface area contributed by atoms with Crippen molar-refractivity contribution in [1.82, 2.24) is 0 Å². The molecule has 0 atom stereocenters. The SMILES string of the molecule is COc1ccc(NC(=O)c2ccccc2S(=O)(=O)C(C)C)cc1Cl. The molecule has 7 heteroatoms. The fourth-order valence-corrected chi connectivity index (χ4v) is 3.60. The van der Waals surface area contributed by atoms with Crippen LogP contribution in [0.2, 0.25) is 5.02 Å². The summed E-state index contributed by atoms with van der Waals surface area (Å²) in [6, 6.07) is 10.9. The Morgan fingerprint density at radius 2 is 1.83 bits per heavy atom. The van der Waals surface area contributed by atoms with E-state index in [0.29, 0.717) is 16.5 Å². The topological polar surface area (TPSA) is 72.5 Å². The first-order chi connectivity index (χ1) is 11.3. The Bertz CT molecular complexity index is 863. The molecule has 0 heterocycles. The first kappa shape index (κ1) is 18.3. The van der Waals surface area contributed by atoms with Crippen LogP contribution in [0.5, 0.6) is 5.75 Å². The van der Waals surface area contributed by atoms with E-state index in [1.807, 2.05) is 0 Å². The zero-order chi connectivity index (χ0) is 17.9. The van der Waals surface area contributed by atoms with Crippen LogP contribution in [0, 0.1) is 0 Å². The number of anilines is 1. The zero-order valence-electron chi connectivity index (χ0n) is 13.5. The summed E-state index contributed by atoms with van der Waals surface area (Å²) in [6.45, 7) is 3.15. The fraction of sp³-hybridized carbons (Fsp3) is 0.235. The van der Waals surface area contributed by atoms with Gasteiger partial charge >= 0.3 is 0 Å². The normalized spacial score (nSPS) is 11.4. The second-order valence-electron chi connectivity index (χ2n) is 5.39. The van der Waals surface area contributed by atoms with Crippen LogP contribution in [0.25, 0.3) is 0 Å². The van der Waals surface area contributed by atoms with Crippen LogP contribution < -0.4 is 10.1 Å². The summed E-state index contributed by atoms with van der Waals surface area (Å²) in [5.74, 6) is -0.0338. The van der Waals surface area contributed by atoms with E-state index in [9.17, 15) is 13.2 Å². The third kappa shape index (κ3) is 3.71. The van der Waals surface area contributed by atoms with Gasteiger partial charge in [0.25, 0.3) is 5.91 Å². The van der Waals surface area contributed by atoms with E-state index in [4.69, 9.17) is 16.3 Å². The lowest BCUT2D eigenvalue weighted by Gasteiger charge is -2.13. The Balaban J connectivity index is 2.36. The number of benzene rings is 2. The summed E-state index contributed by atoms with van der Waals surface area (Å²) in [4.78, 5) is 12.5. The predicted molar refractivity (Wildman–Crippen MR) is 94.7 cm³/mol. The molecule has 0 aliphatic heterocycles. The Labute approximate surface area is 146 Å². The van der Waals surface area contributed by atoms with Gasteiger partial charge in [0.1, 0.15) is 5.75 Å². The van der Waals surface area contributed by atoms with E-state index in [-0.39, 0.29) is 10.5 Å². The number of sulfone groups is 1. The summed E-state index contributed by atoms with van der Waals surface area (Å²) in [5.41, 5.74) is 0.542.